The molecule has 0 spiro atoms. The molecule has 2 aromatic heterocycles. The van der Waals surface area contributed by atoms with Crippen LogP contribution in [0.3, 0.4) is 0 Å². The third kappa shape index (κ3) is 9.82. The molecule has 1 aliphatic rings. The van der Waals surface area contributed by atoms with Gasteiger partial charge in [-0.15, -0.1) is 0 Å². The Balaban J connectivity index is 0.00000451. The van der Waals surface area contributed by atoms with Gasteiger partial charge in [-0.05, 0) is 54.1 Å². The predicted octanol–water partition coefficient (Wildman–Crippen LogP) is 1.55. The van der Waals surface area contributed by atoms with Crippen molar-refractivity contribution in [3.05, 3.63) is 65.9 Å². The van der Waals surface area contributed by atoms with Gasteiger partial charge in [0, 0.05) is 11.8 Å². The van der Waals surface area contributed by atoms with Crippen LogP contribution >= 0.6 is 11.6 Å². The van der Waals surface area contributed by atoms with Crippen molar-refractivity contribution in [2.75, 3.05) is 63.5 Å². The maximum absolute atomic E-state index is 11.8. The first-order valence-corrected chi connectivity index (χ1v) is 16.1. The normalized spacial score (nSPS) is 14.7. The number of hydrogen-bond acceptors (Lipinski definition) is 15. The van der Waals surface area contributed by atoms with E-state index in [4.69, 9.17) is 39.7 Å². The Morgan fingerprint density at radius 1 is 0.708 bits per heavy atom. The maximum atomic E-state index is 11.8. The number of ether oxygens (including phenoxy) is 5. The molecule has 3 heterocycles. The number of halogens is 1. The van der Waals surface area contributed by atoms with Gasteiger partial charge in [-0.3, -0.25) is 0 Å². The standard InChI is InChI=1S/C30H29ClN6O9S.K/c31-28-35-29(32-19-5-8-25-26(17-19)45-16-14-43-12-10-41-9-11-42-13-15-44-25)37-30(36-28)34-22-7-6-20(47(38,39)40)18-21(22)27-33-23-3-1-2-4-24(23)46-27;/h1-8,17-18H,9-16H2,(H,38,39,40)(H2,32,34,35,36,37);/q;+1/p-1. The Bertz CT molecular complexity index is 1930. The zero-order valence-electron chi connectivity index (χ0n) is 25.7. The molecular weight excluding hydrogens is 695 g/mol. The van der Waals surface area contributed by atoms with Crippen LogP contribution in [0.5, 0.6) is 11.5 Å². The Kier molecular flexibility index (Phi) is 13.0. The minimum atomic E-state index is -4.78. The Hall–Kier alpha value is -2.94. The van der Waals surface area contributed by atoms with Crippen LogP contribution in [-0.2, 0) is 24.3 Å². The van der Waals surface area contributed by atoms with E-state index >= 15 is 0 Å². The summed E-state index contributed by atoms with van der Waals surface area (Å²) >= 11 is 6.26. The van der Waals surface area contributed by atoms with Gasteiger partial charge in [-0.25, -0.2) is 13.4 Å². The van der Waals surface area contributed by atoms with Gasteiger partial charge in [0.05, 0.1) is 55.8 Å². The minimum absolute atomic E-state index is 0. The van der Waals surface area contributed by atoms with E-state index in [-0.39, 0.29) is 86.6 Å². The van der Waals surface area contributed by atoms with E-state index in [1.54, 1.807) is 42.5 Å². The van der Waals surface area contributed by atoms with Crippen molar-refractivity contribution in [2.24, 2.45) is 0 Å². The van der Waals surface area contributed by atoms with Crippen molar-refractivity contribution in [1.82, 2.24) is 19.9 Å². The van der Waals surface area contributed by atoms with Gasteiger partial charge in [-0.2, -0.15) is 15.0 Å². The SMILES string of the molecule is O=S(=O)([O-])c1ccc(Nc2nc(Cl)nc(Nc3ccc4c(c3)OCCOCCOCCOCCO4)n2)c(-c2nc3ccccc3o2)c1.[K+]. The summed E-state index contributed by atoms with van der Waals surface area (Å²) in [5.41, 5.74) is 2.05. The zero-order chi connectivity index (χ0) is 32.6. The number of para-hydroxylation sites is 2. The van der Waals surface area contributed by atoms with Gasteiger partial charge in [-0.1, -0.05) is 12.1 Å². The third-order valence-corrected chi connectivity index (χ3v) is 7.57. The number of anilines is 4. The van der Waals surface area contributed by atoms with E-state index in [2.05, 4.69) is 30.6 Å². The third-order valence-electron chi connectivity index (χ3n) is 6.57. The molecule has 0 radical (unpaired) electrons. The van der Waals surface area contributed by atoms with Gasteiger partial charge in [0.1, 0.15) is 28.8 Å². The second kappa shape index (κ2) is 17.1. The summed E-state index contributed by atoms with van der Waals surface area (Å²) in [5.74, 6) is 1.14. The first kappa shape index (κ1) is 36.3. The predicted molar refractivity (Wildman–Crippen MR) is 169 cm³/mol. The van der Waals surface area contributed by atoms with Gasteiger partial charge in [0.2, 0.25) is 23.1 Å². The molecule has 0 bridgehead atoms. The van der Waals surface area contributed by atoms with Crippen LogP contribution in [0.25, 0.3) is 22.6 Å². The molecule has 1 aliphatic heterocycles. The van der Waals surface area contributed by atoms with Crippen molar-refractivity contribution in [1.29, 1.82) is 0 Å². The molecule has 246 valence electrons. The average molecular weight is 723 g/mol. The van der Waals surface area contributed by atoms with E-state index < -0.39 is 15.0 Å². The fourth-order valence-electron chi connectivity index (χ4n) is 4.44. The average Bonchev–Trinajstić information content (AvgIpc) is 3.47. The summed E-state index contributed by atoms with van der Waals surface area (Å²) in [7, 11) is -4.78. The van der Waals surface area contributed by atoms with Crippen molar-refractivity contribution < 1.29 is 92.5 Å². The summed E-state index contributed by atoms with van der Waals surface area (Å²) < 4.78 is 69.7. The Morgan fingerprint density at radius 2 is 1.35 bits per heavy atom. The van der Waals surface area contributed by atoms with Crippen LogP contribution < -0.4 is 71.5 Å². The van der Waals surface area contributed by atoms with Gasteiger partial charge in [0.15, 0.2) is 17.1 Å². The molecule has 0 amide bonds. The molecule has 0 saturated heterocycles. The number of aromatic nitrogens is 4. The number of fused-ring (bicyclic) bond motifs is 2. The second-order valence-electron chi connectivity index (χ2n) is 9.85. The molecule has 2 N–H and O–H groups in total. The molecule has 0 saturated carbocycles. The van der Waals surface area contributed by atoms with Crippen molar-refractivity contribution >= 4 is 56.1 Å². The first-order chi connectivity index (χ1) is 22.8. The molecule has 6 rings (SSSR count). The molecule has 48 heavy (non-hydrogen) atoms. The number of rotatable bonds is 6. The fraction of sp³-hybridized carbons (Fsp3) is 0.267. The van der Waals surface area contributed by atoms with Crippen molar-refractivity contribution in [2.45, 2.75) is 4.90 Å². The number of hydrogen-bond donors (Lipinski definition) is 2. The molecule has 0 fully saturated rings. The van der Waals surface area contributed by atoms with Crippen LogP contribution in [-0.4, -0.2) is 85.8 Å². The van der Waals surface area contributed by atoms with E-state index in [0.29, 0.717) is 80.2 Å². The summed E-state index contributed by atoms with van der Waals surface area (Å²) in [5, 5.41) is 5.95. The summed E-state index contributed by atoms with van der Waals surface area (Å²) in [6.07, 6.45) is 0. The number of nitrogens with zero attached hydrogens (tertiary/aromatic N) is 4. The molecule has 5 aromatic rings. The van der Waals surface area contributed by atoms with Crippen molar-refractivity contribution in [3.8, 4) is 23.0 Å². The van der Waals surface area contributed by atoms with E-state index in [1.165, 1.54) is 12.1 Å². The second-order valence-corrected chi connectivity index (χ2v) is 11.6. The molecular formula is C30H28ClKN6O9S. The molecule has 0 unspecified atom stereocenters. The smallest absolute Gasteiger partial charge is 0.744 e. The van der Waals surface area contributed by atoms with Gasteiger partial charge in [0.25, 0.3) is 0 Å². The summed E-state index contributed by atoms with van der Waals surface area (Å²) in [6, 6.07) is 15.9. The van der Waals surface area contributed by atoms with Gasteiger partial charge >= 0.3 is 51.4 Å². The maximum Gasteiger partial charge on any atom is 1.00 e. The van der Waals surface area contributed by atoms with Crippen LogP contribution in [0.2, 0.25) is 5.28 Å². The number of benzene rings is 3. The largest absolute Gasteiger partial charge is 1.00 e. The zero-order valence-corrected chi connectivity index (χ0v) is 30.4. The van der Waals surface area contributed by atoms with Crippen molar-refractivity contribution in [3.63, 3.8) is 0 Å². The van der Waals surface area contributed by atoms with E-state index in [1.807, 2.05) is 0 Å². The molecule has 0 aliphatic carbocycles. The monoisotopic (exact) mass is 722 g/mol. The first-order valence-electron chi connectivity index (χ1n) is 14.4. The van der Waals surface area contributed by atoms with Gasteiger partial charge < -0.3 is 43.3 Å². The van der Waals surface area contributed by atoms with E-state index in [9.17, 15) is 13.0 Å². The molecule has 15 nitrogen and oxygen atoms in total. The van der Waals surface area contributed by atoms with Crippen LogP contribution in [0, 0.1) is 0 Å². The molecule has 18 heteroatoms. The Labute approximate surface area is 322 Å². The van der Waals surface area contributed by atoms with Crippen LogP contribution in [0.15, 0.2) is 70.0 Å². The van der Waals surface area contributed by atoms with E-state index in [0.717, 1.165) is 6.07 Å². The fourth-order valence-corrected chi connectivity index (χ4v) is 5.10. The minimum Gasteiger partial charge on any atom is -0.744 e. The number of oxazole rings is 1. The summed E-state index contributed by atoms with van der Waals surface area (Å²) in [6.45, 7) is 3.13. The topological polar surface area (TPSA) is 192 Å². The van der Waals surface area contributed by atoms with Crippen LogP contribution in [0.1, 0.15) is 0 Å². The quantitative estimate of drug-likeness (QED) is 0.189. The summed E-state index contributed by atoms with van der Waals surface area (Å²) in [4.78, 5) is 16.7. The Morgan fingerprint density at radius 3 is 2.04 bits per heavy atom. The molecule has 0 atom stereocenters. The number of nitrogens with one attached hydrogen (secondary N) is 2. The van der Waals surface area contributed by atoms with Crippen LogP contribution in [0.4, 0.5) is 23.3 Å². The molecule has 3 aromatic carbocycles.